The maximum atomic E-state index is 13.0. The summed E-state index contributed by atoms with van der Waals surface area (Å²) in [4.78, 5) is 10.7. The van der Waals surface area contributed by atoms with Gasteiger partial charge in [-0.1, -0.05) is 26.0 Å². The number of halogens is 3. The van der Waals surface area contributed by atoms with Crippen LogP contribution < -0.4 is 0 Å². The van der Waals surface area contributed by atoms with Crippen molar-refractivity contribution in [3.8, 4) is 5.69 Å². The van der Waals surface area contributed by atoms with Crippen LogP contribution in [0, 0.1) is 0 Å². The third-order valence-corrected chi connectivity index (χ3v) is 3.00. The number of nitrogens with zero attached hydrogens (tertiary/aromatic N) is 2. The number of aldehydes is 1. The summed E-state index contributed by atoms with van der Waals surface area (Å²) in [6.45, 7) is 3.99. The van der Waals surface area contributed by atoms with E-state index in [1.807, 2.05) is 13.8 Å². The zero-order valence-electron chi connectivity index (χ0n) is 11.0. The second-order valence-electron chi connectivity index (χ2n) is 4.72. The van der Waals surface area contributed by atoms with Gasteiger partial charge >= 0.3 is 6.18 Å². The molecule has 0 atom stereocenters. The Labute approximate surface area is 114 Å². The molecule has 20 heavy (non-hydrogen) atoms. The Morgan fingerprint density at radius 1 is 1.20 bits per heavy atom. The summed E-state index contributed by atoms with van der Waals surface area (Å²) >= 11 is 0. The zero-order chi connectivity index (χ0) is 14.9. The molecule has 106 valence electrons. The normalized spacial score (nSPS) is 11.9. The van der Waals surface area contributed by atoms with Crippen molar-refractivity contribution in [3.63, 3.8) is 0 Å². The summed E-state index contributed by atoms with van der Waals surface area (Å²) in [5.74, 6) is 0.286. The first-order chi connectivity index (χ1) is 9.34. The molecule has 0 unspecified atom stereocenters. The predicted octanol–water partition coefficient (Wildman–Crippen LogP) is 3.83. The van der Waals surface area contributed by atoms with Gasteiger partial charge in [-0.3, -0.25) is 4.79 Å². The van der Waals surface area contributed by atoms with Gasteiger partial charge in [-0.2, -0.15) is 18.3 Å². The van der Waals surface area contributed by atoms with Crippen molar-refractivity contribution in [2.45, 2.75) is 25.9 Å². The quantitative estimate of drug-likeness (QED) is 0.802. The minimum atomic E-state index is -4.64. The zero-order valence-corrected chi connectivity index (χ0v) is 11.0. The second kappa shape index (κ2) is 5.11. The first-order valence-electron chi connectivity index (χ1n) is 6.05. The lowest BCUT2D eigenvalue weighted by Gasteiger charge is -2.12. The highest BCUT2D eigenvalue weighted by Crippen LogP contribution is 2.33. The van der Waals surface area contributed by atoms with Crippen LogP contribution in [-0.2, 0) is 6.18 Å². The van der Waals surface area contributed by atoms with Crippen LogP contribution in [0.5, 0.6) is 0 Å². The second-order valence-corrected chi connectivity index (χ2v) is 4.72. The monoisotopic (exact) mass is 282 g/mol. The Bertz CT molecular complexity index is 612. The highest BCUT2D eigenvalue weighted by Gasteiger charge is 2.38. The number of rotatable bonds is 3. The van der Waals surface area contributed by atoms with E-state index in [9.17, 15) is 18.0 Å². The molecular weight excluding hydrogens is 269 g/mol. The van der Waals surface area contributed by atoms with Crippen LogP contribution in [0.15, 0.2) is 30.5 Å². The highest BCUT2D eigenvalue weighted by atomic mass is 19.4. The van der Waals surface area contributed by atoms with Gasteiger partial charge in [0.15, 0.2) is 12.0 Å². The molecule has 1 heterocycles. The molecule has 0 aliphatic heterocycles. The van der Waals surface area contributed by atoms with E-state index < -0.39 is 17.4 Å². The minimum Gasteiger partial charge on any atom is -0.298 e. The van der Waals surface area contributed by atoms with E-state index >= 15 is 0 Å². The SMILES string of the molecule is CC(C)c1ccc(-n2ncc(C=O)c2C(F)(F)F)cc1. The molecule has 6 heteroatoms. The molecule has 0 N–H and O–H groups in total. The lowest BCUT2D eigenvalue weighted by atomic mass is 10.0. The fourth-order valence-electron chi connectivity index (χ4n) is 1.93. The van der Waals surface area contributed by atoms with Gasteiger partial charge in [-0.05, 0) is 23.6 Å². The van der Waals surface area contributed by atoms with Crippen LogP contribution >= 0.6 is 0 Å². The van der Waals surface area contributed by atoms with E-state index in [4.69, 9.17) is 0 Å². The van der Waals surface area contributed by atoms with Gasteiger partial charge in [0, 0.05) is 0 Å². The lowest BCUT2D eigenvalue weighted by Crippen LogP contribution is -2.15. The summed E-state index contributed by atoms with van der Waals surface area (Å²) in [7, 11) is 0. The van der Waals surface area contributed by atoms with Crippen molar-refractivity contribution >= 4 is 6.29 Å². The molecular formula is C14H13F3N2O. The molecule has 0 saturated carbocycles. The average molecular weight is 282 g/mol. The maximum Gasteiger partial charge on any atom is 0.434 e. The molecule has 0 spiro atoms. The summed E-state index contributed by atoms with van der Waals surface area (Å²) < 4.78 is 39.8. The number of aromatic nitrogens is 2. The van der Waals surface area contributed by atoms with E-state index in [0.29, 0.717) is 0 Å². The Balaban J connectivity index is 2.53. The number of hydrogen-bond acceptors (Lipinski definition) is 2. The van der Waals surface area contributed by atoms with Crippen LogP contribution in [0.3, 0.4) is 0 Å². The number of alkyl halides is 3. The van der Waals surface area contributed by atoms with Crippen molar-refractivity contribution < 1.29 is 18.0 Å². The van der Waals surface area contributed by atoms with Gasteiger partial charge < -0.3 is 0 Å². The van der Waals surface area contributed by atoms with Gasteiger partial charge in [0.1, 0.15) is 0 Å². The molecule has 0 fully saturated rings. The van der Waals surface area contributed by atoms with E-state index in [1.165, 1.54) is 0 Å². The average Bonchev–Trinajstić information content (AvgIpc) is 2.82. The van der Waals surface area contributed by atoms with Gasteiger partial charge in [0.25, 0.3) is 0 Å². The van der Waals surface area contributed by atoms with Crippen LogP contribution in [-0.4, -0.2) is 16.1 Å². The molecule has 1 aromatic heterocycles. The minimum absolute atomic E-state index is 0.162. The molecule has 0 saturated heterocycles. The summed E-state index contributed by atoms with van der Waals surface area (Å²) in [6, 6.07) is 6.63. The van der Waals surface area contributed by atoms with Crippen molar-refractivity contribution in [2.75, 3.05) is 0 Å². The molecule has 2 rings (SSSR count). The number of benzene rings is 1. The Morgan fingerprint density at radius 2 is 1.80 bits per heavy atom. The molecule has 1 aromatic carbocycles. The Morgan fingerprint density at radius 3 is 2.25 bits per heavy atom. The van der Waals surface area contributed by atoms with Crippen molar-refractivity contribution in [1.29, 1.82) is 0 Å². The van der Waals surface area contributed by atoms with Gasteiger partial charge in [-0.25, -0.2) is 4.68 Å². The molecule has 0 radical (unpaired) electrons. The molecule has 2 aromatic rings. The van der Waals surface area contributed by atoms with E-state index in [0.717, 1.165) is 16.4 Å². The Hall–Kier alpha value is -2.11. The van der Waals surface area contributed by atoms with Crippen LogP contribution in [0.1, 0.15) is 41.4 Å². The van der Waals surface area contributed by atoms with E-state index in [1.54, 1.807) is 24.3 Å². The summed E-state index contributed by atoms with van der Waals surface area (Å²) in [5.41, 5.74) is -0.227. The highest BCUT2D eigenvalue weighted by molar-refractivity contribution is 5.76. The van der Waals surface area contributed by atoms with Crippen molar-refractivity contribution in [2.24, 2.45) is 0 Å². The van der Waals surface area contributed by atoms with Gasteiger partial charge in [0.2, 0.25) is 0 Å². The fraction of sp³-hybridized carbons (Fsp3) is 0.286. The first kappa shape index (κ1) is 14.3. The molecule has 3 nitrogen and oxygen atoms in total. The molecule has 0 amide bonds. The Kier molecular flexibility index (Phi) is 3.65. The van der Waals surface area contributed by atoms with Gasteiger partial charge in [0.05, 0.1) is 17.4 Å². The maximum absolute atomic E-state index is 13.0. The smallest absolute Gasteiger partial charge is 0.298 e. The lowest BCUT2D eigenvalue weighted by molar-refractivity contribution is -0.143. The van der Waals surface area contributed by atoms with Crippen molar-refractivity contribution in [3.05, 3.63) is 47.3 Å². The van der Waals surface area contributed by atoms with Crippen molar-refractivity contribution in [1.82, 2.24) is 9.78 Å². The van der Waals surface area contributed by atoms with Crippen LogP contribution in [0.25, 0.3) is 5.69 Å². The number of carbonyl (C=O) groups is 1. The third kappa shape index (κ3) is 2.59. The number of hydrogen-bond donors (Lipinski definition) is 0. The van der Waals surface area contributed by atoms with Crippen LogP contribution in [0.2, 0.25) is 0 Å². The largest absolute Gasteiger partial charge is 0.434 e. The van der Waals surface area contributed by atoms with E-state index in [-0.39, 0.29) is 17.9 Å². The molecule has 0 aliphatic rings. The standard InChI is InChI=1S/C14H13F3N2O/c1-9(2)10-3-5-12(6-4-10)19-13(14(15,16)17)11(8-20)7-18-19/h3-9H,1-2H3. The van der Waals surface area contributed by atoms with Gasteiger partial charge in [-0.15, -0.1) is 0 Å². The summed E-state index contributed by atoms with van der Waals surface area (Å²) in [6.07, 6.45) is -3.55. The van der Waals surface area contributed by atoms with Crippen LogP contribution in [0.4, 0.5) is 13.2 Å². The molecule has 0 aliphatic carbocycles. The third-order valence-electron chi connectivity index (χ3n) is 3.00. The summed E-state index contributed by atoms with van der Waals surface area (Å²) in [5, 5.41) is 3.66. The molecule has 0 bridgehead atoms. The fourth-order valence-corrected chi connectivity index (χ4v) is 1.93. The van der Waals surface area contributed by atoms with E-state index in [2.05, 4.69) is 5.10 Å². The topological polar surface area (TPSA) is 34.9 Å². The number of carbonyl (C=O) groups excluding carboxylic acids is 1. The predicted molar refractivity (Wildman–Crippen MR) is 68.0 cm³/mol. The first-order valence-corrected chi connectivity index (χ1v) is 6.05.